The smallest absolute Gasteiger partial charge is 0.0105 e. The van der Waals surface area contributed by atoms with E-state index in [1.807, 2.05) is 0 Å². The zero-order valence-electron chi connectivity index (χ0n) is 14.4. The fourth-order valence-corrected chi connectivity index (χ4v) is 3.51. The predicted octanol–water partition coefficient (Wildman–Crippen LogP) is 1.77. The molecule has 23 heavy (non-hydrogen) atoms. The third-order valence-corrected chi connectivity index (χ3v) is 5.10. The van der Waals surface area contributed by atoms with E-state index in [0.717, 1.165) is 31.5 Å². The van der Waals surface area contributed by atoms with Crippen LogP contribution >= 0.6 is 0 Å². The molecule has 0 aliphatic carbocycles. The lowest BCUT2D eigenvalue weighted by Crippen LogP contribution is -2.38. The molecule has 0 atom stereocenters. The molecule has 130 valence electrons. The van der Waals surface area contributed by atoms with E-state index in [-0.39, 0.29) is 0 Å². The van der Waals surface area contributed by atoms with Crippen LogP contribution in [0.25, 0.3) is 0 Å². The largest absolute Gasteiger partial charge is 0.330 e. The Morgan fingerprint density at radius 1 is 0.957 bits per heavy atom. The molecule has 2 saturated heterocycles. The van der Waals surface area contributed by atoms with Gasteiger partial charge in [-0.2, -0.15) is 0 Å². The highest BCUT2D eigenvalue weighted by Gasteiger charge is 2.16. The van der Waals surface area contributed by atoms with Gasteiger partial charge in [-0.1, -0.05) is 30.3 Å². The summed E-state index contributed by atoms with van der Waals surface area (Å²) in [5.41, 5.74) is 12.6. The van der Waals surface area contributed by atoms with Crippen LogP contribution in [0.4, 0.5) is 0 Å². The van der Waals surface area contributed by atoms with Crippen LogP contribution < -0.4 is 16.8 Å². The molecule has 3 rings (SSSR count). The average molecular weight is 319 g/mol. The van der Waals surface area contributed by atoms with Crippen molar-refractivity contribution in [2.45, 2.75) is 31.6 Å². The zero-order valence-corrected chi connectivity index (χ0v) is 14.4. The van der Waals surface area contributed by atoms with Crippen LogP contribution in [0.2, 0.25) is 0 Å². The quantitative estimate of drug-likeness (QED) is 0.791. The van der Waals surface area contributed by atoms with E-state index in [2.05, 4.69) is 40.5 Å². The van der Waals surface area contributed by atoms with Gasteiger partial charge in [0.2, 0.25) is 0 Å². The number of benzene rings is 1. The summed E-state index contributed by atoms with van der Waals surface area (Å²) < 4.78 is 0. The number of hydrogen-bond acceptors (Lipinski definition) is 4. The third-order valence-electron chi connectivity index (χ3n) is 5.10. The molecule has 4 heteroatoms. The van der Waals surface area contributed by atoms with Crippen LogP contribution in [0, 0.1) is 5.92 Å². The van der Waals surface area contributed by atoms with Gasteiger partial charge in [-0.05, 0) is 75.8 Å². The molecule has 0 spiro atoms. The van der Waals surface area contributed by atoms with Gasteiger partial charge in [0.05, 0.1) is 0 Å². The second-order valence-corrected chi connectivity index (χ2v) is 6.74. The van der Waals surface area contributed by atoms with Gasteiger partial charge in [0, 0.05) is 13.1 Å². The average Bonchev–Trinajstić information content (AvgIpc) is 2.65. The molecule has 0 radical (unpaired) electrons. The van der Waals surface area contributed by atoms with Crippen LogP contribution in [0.1, 0.15) is 37.2 Å². The Morgan fingerprint density at radius 2 is 1.61 bits per heavy atom. The minimum Gasteiger partial charge on any atom is -0.330 e. The highest BCUT2D eigenvalue weighted by atomic mass is 15.1. The fraction of sp³-hybridized carbons (Fsp3) is 0.684. The van der Waals surface area contributed by atoms with E-state index in [1.165, 1.54) is 57.4 Å². The van der Waals surface area contributed by atoms with Crippen molar-refractivity contribution in [3.8, 4) is 0 Å². The maximum absolute atomic E-state index is 5.58. The van der Waals surface area contributed by atoms with Gasteiger partial charge in [0.15, 0.2) is 0 Å². The van der Waals surface area contributed by atoms with E-state index in [9.17, 15) is 0 Å². The molecule has 5 N–H and O–H groups in total. The molecule has 2 aliphatic heterocycles. The predicted molar refractivity (Wildman–Crippen MR) is 98.6 cm³/mol. The van der Waals surface area contributed by atoms with Crippen molar-refractivity contribution in [1.29, 1.82) is 0 Å². The van der Waals surface area contributed by atoms with Crippen LogP contribution in [0.3, 0.4) is 0 Å². The van der Waals surface area contributed by atoms with E-state index >= 15 is 0 Å². The second kappa shape index (κ2) is 10.8. The normalized spacial score (nSPS) is 20.8. The Kier molecular flexibility index (Phi) is 8.61. The first-order valence-corrected chi connectivity index (χ1v) is 9.21. The Hall–Kier alpha value is -0.940. The summed E-state index contributed by atoms with van der Waals surface area (Å²) in [5.74, 6) is 1.57. The van der Waals surface area contributed by atoms with Gasteiger partial charge in [-0.25, -0.2) is 0 Å². The summed E-state index contributed by atoms with van der Waals surface area (Å²) in [7, 11) is 0. The summed E-state index contributed by atoms with van der Waals surface area (Å²) >= 11 is 0. The summed E-state index contributed by atoms with van der Waals surface area (Å²) in [5, 5.41) is 3.38. The minimum absolute atomic E-state index is 0.768. The standard InChI is InChI=1S/C11H15N.C8H19N3/c1-2-4-10(5-3-1)11-6-8-12-9-7-11;9-3-6-11-4-1-8(7-10)2-5-11/h1-5,11-12H,6-9H2;8H,1-7,9-10H2. The van der Waals surface area contributed by atoms with Gasteiger partial charge in [-0.3, -0.25) is 0 Å². The first kappa shape index (κ1) is 18.4. The molecule has 1 aromatic rings. The minimum atomic E-state index is 0.768. The van der Waals surface area contributed by atoms with Gasteiger partial charge in [-0.15, -0.1) is 0 Å². The molecule has 0 saturated carbocycles. The Labute approximate surface area is 141 Å². The molecule has 1 aromatic carbocycles. The second-order valence-electron chi connectivity index (χ2n) is 6.74. The van der Waals surface area contributed by atoms with Gasteiger partial charge < -0.3 is 21.7 Å². The lowest BCUT2D eigenvalue weighted by atomic mass is 9.90. The van der Waals surface area contributed by atoms with Crippen molar-refractivity contribution in [2.75, 3.05) is 45.8 Å². The molecule has 0 amide bonds. The number of rotatable bonds is 4. The van der Waals surface area contributed by atoms with E-state index < -0.39 is 0 Å². The zero-order chi connectivity index (χ0) is 16.3. The van der Waals surface area contributed by atoms with Crippen molar-refractivity contribution >= 4 is 0 Å². The summed E-state index contributed by atoms with van der Waals surface area (Å²) in [6.45, 7) is 7.44. The van der Waals surface area contributed by atoms with Gasteiger partial charge in [0.25, 0.3) is 0 Å². The van der Waals surface area contributed by atoms with E-state index in [4.69, 9.17) is 11.5 Å². The lowest BCUT2D eigenvalue weighted by molar-refractivity contribution is 0.192. The third kappa shape index (κ3) is 6.60. The molecule has 2 aliphatic rings. The number of piperidine rings is 2. The van der Waals surface area contributed by atoms with Gasteiger partial charge in [0.1, 0.15) is 0 Å². The number of nitrogens with zero attached hydrogens (tertiary/aromatic N) is 1. The summed E-state index contributed by atoms with van der Waals surface area (Å²) in [6, 6.07) is 10.9. The fourth-order valence-electron chi connectivity index (χ4n) is 3.51. The van der Waals surface area contributed by atoms with Crippen LogP contribution in [-0.4, -0.2) is 50.7 Å². The maximum Gasteiger partial charge on any atom is 0.0105 e. The van der Waals surface area contributed by atoms with Crippen LogP contribution in [0.5, 0.6) is 0 Å². The van der Waals surface area contributed by atoms with Crippen molar-refractivity contribution in [3.05, 3.63) is 35.9 Å². The Balaban J connectivity index is 0.000000168. The van der Waals surface area contributed by atoms with Crippen molar-refractivity contribution in [3.63, 3.8) is 0 Å². The number of nitrogens with one attached hydrogen (secondary N) is 1. The van der Waals surface area contributed by atoms with Crippen molar-refractivity contribution in [1.82, 2.24) is 10.2 Å². The molecule has 0 unspecified atom stereocenters. The first-order chi connectivity index (χ1) is 11.3. The van der Waals surface area contributed by atoms with Crippen molar-refractivity contribution in [2.24, 2.45) is 17.4 Å². The maximum atomic E-state index is 5.58. The molecule has 2 heterocycles. The van der Waals surface area contributed by atoms with Gasteiger partial charge >= 0.3 is 0 Å². The Morgan fingerprint density at radius 3 is 2.17 bits per heavy atom. The van der Waals surface area contributed by atoms with Crippen LogP contribution in [-0.2, 0) is 0 Å². The molecule has 2 fully saturated rings. The molecule has 4 nitrogen and oxygen atoms in total. The summed E-state index contributed by atoms with van der Waals surface area (Å²) in [6.07, 6.45) is 5.11. The first-order valence-electron chi connectivity index (χ1n) is 9.21. The van der Waals surface area contributed by atoms with E-state index in [1.54, 1.807) is 0 Å². The van der Waals surface area contributed by atoms with E-state index in [0.29, 0.717) is 0 Å². The highest BCUT2D eigenvalue weighted by Crippen LogP contribution is 2.24. The molecular formula is C19H34N4. The summed E-state index contributed by atoms with van der Waals surface area (Å²) in [4.78, 5) is 2.42. The van der Waals surface area contributed by atoms with Crippen LogP contribution in [0.15, 0.2) is 30.3 Å². The molecular weight excluding hydrogens is 284 g/mol. The topological polar surface area (TPSA) is 67.3 Å². The lowest BCUT2D eigenvalue weighted by Gasteiger charge is -2.30. The molecule has 0 aromatic heterocycles. The monoisotopic (exact) mass is 318 g/mol. The number of likely N-dealkylation sites (tertiary alicyclic amines) is 1. The Bertz CT molecular complexity index is 395. The number of nitrogens with two attached hydrogens (primary N) is 2. The molecule has 0 bridgehead atoms. The number of hydrogen-bond donors (Lipinski definition) is 3. The van der Waals surface area contributed by atoms with Crippen molar-refractivity contribution < 1.29 is 0 Å². The highest BCUT2D eigenvalue weighted by molar-refractivity contribution is 5.19. The SMILES string of the molecule is NCCN1CCC(CN)CC1.c1ccc(C2CCNCC2)cc1.